The van der Waals surface area contributed by atoms with Crippen LogP contribution in [0.1, 0.15) is 35.1 Å². The van der Waals surface area contributed by atoms with E-state index in [1.165, 1.54) is 11.5 Å². The molecule has 0 fully saturated rings. The van der Waals surface area contributed by atoms with Crippen molar-refractivity contribution in [3.8, 4) is 0 Å². The fraction of sp³-hybridized carbons (Fsp3) is 0.385. The standard InChI is InChI=1S/C13H15ClN2S/c1-2-6-12-15-13(17-16-12)9-11(14)10-7-4-3-5-8-10/h3-5,7-8,11H,2,6,9H2,1H3. The maximum absolute atomic E-state index is 6.37. The van der Waals surface area contributed by atoms with Gasteiger partial charge in [0.15, 0.2) is 0 Å². The lowest BCUT2D eigenvalue weighted by atomic mass is 10.1. The van der Waals surface area contributed by atoms with Crippen molar-refractivity contribution in [3.63, 3.8) is 0 Å². The molecule has 0 spiro atoms. The van der Waals surface area contributed by atoms with E-state index >= 15 is 0 Å². The molecule has 2 nitrogen and oxygen atoms in total. The molecule has 0 saturated carbocycles. The van der Waals surface area contributed by atoms with Gasteiger partial charge in [-0.15, -0.1) is 11.6 Å². The molecule has 0 bridgehead atoms. The summed E-state index contributed by atoms with van der Waals surface area (Å²) >= 11 is 7.83. The Kier molecular flexibility index (Phi) is 4.51. The monoisotopic (exact) mass is 266 g/mol. The van der Waals surface area contributed by atoms with Crippen LogP contribution in [0.4, 0.5) is 0 Å². The van der Waals surface area contributed by atoms with E-state index in [1.54, 1.807) is 0 Å². The van der Waals surface area contributed by atoms with Crippen LogP contribution in [0.3, 0.4) is 0 Å². The maximum atomic E-state index is 6.37. The van der Waals surface area contributed by atoms with Crippen molar-refractivity contribution >= 4 is 23.1 Å². The van der Waals surface area contributed by atoms with E-state index in [0.717, 1.165) is 35.7 Å². The number of aryl methyl sites for hydroxylation is 1. The predicted octanol–water partition coefficient (Wildman–Crippen LogP) is 4.01. The molecule has 0 amide bonds. The molecule has 2 rings (SSSR count). The first kappa shape index (κ1) is 12.5. The van der Waals surface area contributed by atoms with Crippen LogP contribution in [-0.2, 0) is 12.8 Å². The summed E-state index contributed by atoms with van der Waals surface area (Å²) in [7, 11) is 0. The highest BCUT2D eigenvalue weighted by Gasteiger charge is 2.12. The van der Waals surface area contributed by atoms with E-state index in [4.69, 9.17) is 11.6 Å². The van der Waals surface area contributed by atoms with Crippen molar-refractivity contribution in [2.45, 2.75) is 31.6 Å². The Bertz CT molecular complexity index is 455. The lowest BCUT2D eigenvalue weighted by Crippen LogP contribution is -1.95. The van der Waals surface area contributed by atoms with Gasteiger partial charge in [-0.1, -0.05) is 37.3 Å². The Labute approximate surface area is 111 Å². The molecule has 0 N–H and O–H groups in total. The van der Waals surface area contributed by atoms with Crippen LogP contribution in [0, 0.1) is 0 Å². The number of hydrogen-bond donors (Lipinski definition) is 0. The minimum Gasteiger partial charge on any atom is -0.224 e. The van der Waals surface area contributed by atoms with Crippen molar-refractivity contribution in [2.75, 3.05) is 0 Å². The van der Waals surface area contributed by atoms with E-state index in [-0.39, 0.29) is 5.38 Å². The van der Waals surface area contributed by atoms with E-state index in [0.29, 0.717) is 0 Å². The van der Waals surface area contributed by atoms with Crippen LogP contribution in [0.2, 0.25) is 0 Å². The summed E-state index contributed by atoms with van der Waals surface area (Å²) in [4.78, 5) is 4.49. The molecule has 0 aliphatic carbocycles. The third-order valence-corrected chi connectivity index (χ3v) is 3.68. The predicted molar refractivity (Wildman–Crippen MR) is 72.6 cm³/mol. The zero-order valence-corrected chi connectivity index (χ0v) is 11.3. The minimum absolute atomic E-state index is 0.0152. The third-order valence-electron chi connectivity index (χ3n) is 2.50. The Morgan fingerprint density at radius 1 is 1.29 bits per heavy atom. The molecule has 4 heteroatoms. The molecule has 1 aromatic heterocycles. The van der Waals surface area contributed by atoms with Gasteiger partial charge in [-0.2, -0.15) is 4.37 Å². The maximum Gasteiger partial charge on any atom is 0.142 e. The van der Waals surface area contributed by atoms with Crippen LogP contribution in [0.25, 0.3) is 0 Å². The molecule has 1 aromatic carbocycles. The van der Waals surface area contributed by atoms with Gasteiger partial charge in [-0.25, -0.2) is 4.98 Å². The molecule has 17 heavy (non-hydrogen) atoms. The summed E-state index contributed by atoms with van der Waals surface area (Å²) in [6, 6.07) is 10.1. The van der Waals surface area contributed by atoms with E-state index in [2.05, 4.69) is 16.3 Å². The summed E-state index contributed by atoms with van der Waals surface area (Å²) in [6.45, 7) is 2.13. The first-order valence-electron chi connectivity index (χ1n) is 5.80. The van der Waals surface area contributed by atoms with Gasteiger partial charge in [-0.05, 0) is 23.5 Å². The van der Waals surface area contributed by atoms with Crippen LogP contribution in [-0.4, -0.2) is 9.36 Å². The Hall–Kier alpha value is -0.930. The second-order valence-corrected chi connectivity index (χ2v) is 5.30. The van der Waals surface area contributed by atoms with E-state index in [1.807, 2.05) is 30.3 Å². The van der Waals surface area contributed by atoms with Crippen molar-refractivity contribution < 1.29 is 0 Å². The summed E-state index contributed by atoms with van der Waals surface area (Å²) in [6.07, 6.45) is 2.79. The smallest absolute Gasteiger partial charge is 0.142 e. The van der Waals surface area contributed by atoms with E-state index < -0.39 is 0 Å². The van der Waals surface area contributed by atoms with Gasteiger partial charge < -0.3 is 0 Å². The first-order valence-corrected chi connectivity index (χ1v) is 7.01. The summed E-state index contributed by atoms with van der Waals surface area (Å²) < 4.78 is 4.32. The highest BCUT2D eigenvalue weighted by molar-refractivity contribution is 7.05. The average Bonchev–Trinajstić information content (AvgIpc) is 2.78. The van der Waals surface area contributed by atoms with Crippen molar-refractivity contribution in [1.82, 2.24) is 9.36 Å². The molecule has 90 valence electrons. The Balaban J connectivity index is 2.00. The topological polar surface area (TPSA) is 25.8 Å². The fourth-order valence-corrected chi connectivity index (χ4v) is 2.74. The van der Waals surface area contributed by atoms with Gasteiger partial charge in [0.25, 0.3) is 0 Å². The number of alkyl halides is 1. The number of nitrogens with zero attached hydrogens (tertiary/aromatic N) is 2. The SMILES string of the molecule is CCCc1nsc(CC(Cl)c2ccccc2)n1. The number of halogens is 1. The van der Waals surface area contributed by atoms with Crippen molar-refractivity contribution in [1.29, 1.82) is 0 Å². The zero-order chi connectivity index (χ0) is 12.1. The van der Waals surface area contributed by atoms with Crippen molar-refractivity contribution in [3.05, 3.63) is 46.7 Å². The van der Waals surface area contributed by atoms with Crippen LogP contribution >= 0.6 is 23.1 Å². The van der Waals surface area contributed by atoms with E-state index in [9.17, 15) is 0 Å². The number of aromatic nitrogens is 2. The second-order valence-electron chi connectivity index (χ2n) is 3.94. The molecule has 0 aliphatic rings. The van der Waals surface area contributed by atoms with Crippen LogP contribution in [0.5, 0.6) is 0 Å². The summed E-state index contributed by atoms with van der Waals surface area (Å²) in [5.74, 6) is 0.949. The fourth-order valence-electron chi connectivity index (χ4n) is 1.63. The summed E-state index contributed by atoms with van der Waals surface area (Å²) in [5, 5.41) is 1.01. The average molecular weight is 267 g/mol. The third kappa shape index (κ3) is 3.51. The lowest BCUT2D eigenvalue weighted by molar-refractivity contribution is 0.836. The molecular weight excluding hydrogens is 252 g/mol. The lowest BCUT2D eigenvalue weighted by Gasteiger charge is -2.06. The van der Waals surface area contributed by atoms with Gasteiger partial charge in [0.1, 0.15) is 10.8 Å². The number of rotatable bonds is 5. The molecule has 2 aromatic rings. The van der Waals surface area contributed by atoms with Crippen LogP contribution < -0.4 is 0 Å². The molecule has 1 heterocycles. The molecule has 1 unspecified atom stereocenters. The zero-order valence-electron chi connectivity index (χ0n) is 9.77. The molecule has 0 aliphatic heterocycles. The first-order chi connectivity index (χ1) is 8.29. The Morgan fingerprint density at radius 3 is 2.76 bits per heavy atom. The van der Waals surface area contributed by atoms with Gasteiger partial charge >= 0.3 is 0 Å². The molecule has 0 saturated heterocycles. The van der Waals surface area contributed by atoms with Crippen LogP contribution in [0.15, 0.2) is 30.3 Å². The Morgan fingerprint density at radius 2 is 2.06 bits per heavy atom. The second kappa shape index (κ2) is 6.12. The summed E-state index contributed by atoms with van der Waals surface area (Å²) in [5.41, 5.74) is 1.14. The number of benzene rings is 1. The highest BCUT2D eigenvalue weighted by Crippen LogP contribution is 2.25. The van der Waals surface area contributed by atoms with Crippen molar-refractivity contribution in [2.24, 2.45) is 0 Å². The molecule has 0 radical (unpaired) electrons. The van der Waals surface area contributed by atoms with Gasteiger partial charge in [-0.3, -0.25) is 0 Å². The normalized spacial score (nSPS) is 12.6. The van der Waals surface area contributed by atoms with Gasteiger partial charge in [0.05, 0.1) is 5.38 Å². The number of hydrogen-bond acceptors (Lipinski definition) is 3. The highest BCUT2D eigenvalue weighted by atomic mass is 35.5. The van der Waals surface area contributed by atoms with Gasteiger partial charge in [0, 0.05) is 12.8 Å². The largest absolute Gasteiger partial charge is 0.224 e. The van der Waals surface area contributed by atoms with Gasteiger partial charge in [0.2, 0.25) is 0 Å². The minimum atomic E-state index is -0.0152. The quantitative estimate of drug-likeness (QED) is 0.764. The molecule has 1 atom stereocenters. The molecular formula is C13H15ClN2S.